The van der Waals surface area contributed by atoms with E-state index < -0.39 is 12.6 Å². The number of carbonyl (C=O) groups is 1. The highest BCUT2D eigenvalue weighted by Gasteiger charge is 2.12. The quantitative estimate of drug-likeness (QED) is 0.532. The summed E-state index contributed by atoms with van der Waals surface area (Å²) < 4.78 is 16.6. The van der Waals surface area contributed by atoms with Gasteiger partial charge in [-0.1, -0.05) is 6.07 Å². The van der Waals surface area contributed by atoms with Gasteiger partial charge in [-0.15, -0.1) is 0 Å². The monoisotopic (exact) mass is 194 g/mol. The van der Waals surface area contributed by atoms with Gasteiger partial charge in [-0.25, -0.2) is 9.18 Å². The average molecular weight is 194 g/mol. The van der Waals surface area contributed by atoms with Gasteiger partial charge in [-0.3, -0.25) is 0 Å². The van der Waals surface area contributed by atoms with E-state index >= 15 is 0 Å². The van der Waals surface area contributed by atoms with Gasteiger partial charge in [0.2, 0.25) is 0 Å². The third-order valence-corrected chi connectivity index (χ3v) is 2.41. The summed E-state index contributed by atoms with van der Waals surface area (Å²) in [6, 6.07) is 5.50. The molecular weight excluding hydrogens is 183 g/mol. The molecule has 0 N–H and O–H groups in total. The normalized spacial score (nSPS) is 13.8. The number of esters is 1. The van der Waals surface area contributed by atoms with Crippen molar-refractivity contribution in [3.05, 3.63) is 29.3 Å². The SMILES string of the molecule is O=C(CF)Oc1ccc2c(c1)CCC2. The van der Waals surface area contributed by atoms with Gasteiger partial charge >= 0.3 is 5.97 Å². The summed E-state index contributed by atoms with van der Waals surface area (Å²) in [7, 11) is 0. The Morgan fingerprint density at radius 3 is 2.93 bits per heavy atom. The van der Waals surface area contributed by atoms with E-state index in [1.807, 2.05) is 12.1 Å². The lowest BCUT2D eigenvalue weighted by atomic mass is 10.1. The molecule has 14 heavy (non-hydrogen) atoms. The average Bonchev–Trinajstić information content (AvgIpc) is 2.64. The highest BCUT2D eigenvalue weighted by atomic mass is 19.1. The molecule has 0 bridgehead atoms. The number of carbonyl (C=O) groups excluding carboxylic acids is 1. The molecule has 1 aliphatic rings. The molecule has 0 heterocycles. The molecule has 1 aromatic rings. The van der Waals surface area contributed by atoms with Crippen molar-refractivity contribution in [2.75, 3.05) is 6.67 Å². The fourth-order valence-electron chi connectivity index (χ4n) is 1.77. The van der Waals surface area contributed by atoms with E-state index in [0.29, 0.717) is 5.75 Å². The van der Waals surface area contributed by atoms with Crippen LogP contribution in [0.3, 0.4) is 0 Å². The minimum Gasteiger partial charge on any atom is -0.425 e. The van der Waals surface area contributed by atoms with E-state index in [1.165, 1.54) is 11.1 Å². The Morgan fingerprint density at radius 1 is 1.36 bits per heavy atom. The molecule has 0 saturated heterocycles. The van der Waals surface area contributed by atoms with Crippen LogP contribution in [0.25, 0.3) is 0 Å². The van der Waals surface area contributed by atoms with Crippen molar-refractivity contribution in [2.24, 2.45) is 0 Å². The molecule has 0 spiro atoms. The molecule has 0 aromatic heterocycles. The van der Waals surface area contributed by atoms with Crippen LogP contribution in [0.2, 0.25) is 0 Å². The highest BCUT2D eigenvalue weighted by molar-refractivity contribution is 5.73. The zero-order valence-corrected chi connectivity index (χ0v) is 7.75. The summed E-state index contributed by atoms with van der Waals surface area (Å²) in [5.74, 6) is -0.378. The maximum Gasteiger partial charge on any atom is 0.342 e. The van der Waals surface area contributed by atoms with Crippen molar-refractivity contribution in [1.29, 1.82) is 0 Å². The third-order valence-electron chi connectivity index (χ3n) is 2.41. The number of halogens is 1. The second-order valence-corrected chi connectivity index (χ2v) is 3.39. The van der Waals surface area contributed by atoms with Crippen LogP contribution in [-0.2, 0) is 17.6 Å². The van der Waals surface area contributed by atoms with Crippen LogP contribution < -0.4 is 4.74 Å². The summed E-state index contributed by atoms with van der Waals surface area (Å²) >= 11 is 0. The van der Waals surface area contributed by atoms with Gasteiger partial charge < -0.3 is 4.74 Å². The summed E-state index contributed by atoms with van der Waals surface area (Å²) in [5, 5.41) is 0. The highest BCUT2D eigenvalue weighted by Crippen LogP contribution is 2.25. The second-order valence-electron chi connectivity index (χ2n) is 3.39. The molecule has 0 amide bonds. The van der Waals surface area contributed by atoms with Gasteiger partial charge in [0.25, 0.3) is 0 Å². The molecule has 0 radical (unpaired) electrons. The number of ether oxygens (including phenoxy) is 1. The van der Waals surface area contributed by atoms with Crippen molar-refractivity contribution in [3.8, 4) is 5.75 Å². The summed E-state index contributed by atoms with van der Waals surface area (Å²) in [6.45, 7) is -1.07. The smallest absolute Gasteiger partial charge is 0.342 e. The largest absolute Gasteiger partial charge is 0.425 e. The first-order valence-electron chi connectivity index (χ1n) is 4.68. The molecular formula is C11H11FO2. The number of hydrogen-bond acceptors (Lipinski definition) is 2. The standard InChI is InChI=1S/C11H11FO2/c12-7-11(13)14-10-5-4-8-2-1-3-9(8)6-10/h4-6H,1-3,7H2. The lowest BCUT2D eigenvalue weighted by molar-refractivity contribution is -0.135. The van der Waals surface area contributed by atoms with Crippen LogP contribution in [0, 0.1) is 0 Å². The molecule has 74 valence electrons. The van der Waals surface area contributed by atoms with Gasteiger partial charge in [0.15, 0.2) is 6.67 Å². The lowest BCUT2D eigenvalue weighted by Gasteiger charge is -2.04. The molecule has 2 nitrogen and oxygen atoms in total. The van der Waals surface area contributed by atoms with Crippen molar-refractivity contribution in [3.63, 3.8) is 0 Å². The van der Waals surface area contributed by atoms with Gasteiger partial charge in [0, 0.05) is 0 Å². The first-order chi connectivity index (χ1) is 6.79. The fourth-order valence-corrected chi connectivity index (χ4v) is 1.77. The van der Waals surface area contributed by atoms with Crippen molar-refractivity contribution >= 4 is 5.97 Å². The summed E-state index contributed by atoms with van der Waals surface area (Å²) in [4.78, 5) is 10.7. The zero-order valence-electron chi connectivity index (χ0n) is 7.75. The first-order valence-corrected chi connectivity index (χ1v) is 4.68. The van der Waals surface area contributed by atoms with Crippen LogP contribution in [0.15, 0.2) is 18.2 Å². The Kier molecular flexibility index (Phi) is 2.48. The van der Waals surface area contributed by atoms with E-state index in [-0.39, 0.29) is 0 Å². The van der Waals surface area contributed by atoms with E-state index in [4.69, 9.17) is 4.74 Å². The van der Waals surface area contributed by atoms with Crippen LogP contribution in [0.1, 0.15) is 17.5 Å². The Hall–Kier alpha value is -1.38. The minimum atomic E-state index is -1.07. The molecule has 0 unspecified atom stereocenters. The van der Waals surface area contributed by atoms with Crippen LogP contribution >= 0.6 is 0 Å². The van der Waals surface area contributed by atoms with Gasteiger partial charge in [-0.05, 0) is 42.5 Å². The number of aryl methyl sites for hydroxylation is 2. The predicted molar refractivity (Wildman–Crippen MR) is 50.1 cm³/mol. The molecule has 0 aliphatic heterocycles. The van der Waals surface area contributed by atoms with Crippen molar-refractivity contribution in [1.82, 2.24) is 0 Å². The van der Waals surface area contributed by atoms with Crippen molar-refractivity contribution in [2.45, 2.75) is 19.3 Å². The van der Waals surface area contributed by atoms with Gasteiger partial charge in [-0.2, -0.15) is 0 Å². The molecule has 3 heteroatoms. The Bertz CT molecular complexity index is 360. The maximum absolute atomic E-state index is 11.9. The maximum atomic E-state index is 11.9. The van der Waals surface area contributed by atoms with Gasteiger partial charge in [0.1, 0.15) is 5.75 Å². The third kappa shape index (κ3) is 1.76. The second kappa shape index (κ2) is 3.78. The zero-order chi connectivity index (χ0) is 9.97. The van der Waals surface area contributed by atoms with E-state index in [9.17, 15) is 9.18 Å². The molecule has 2 rings (SSSR count). The molecule has 1 aliphatic carbocycles. The Labute approximate surface area is 81.7 Å². The van der Waals surface area contributed by atoms with E-state index in [2.05, 4.69) is 0 Å². The topological polar surface area (TPSA) is 26.3 Å². The number of alkyl halides is 1. The Morgan fingerprint density at radius 2 is 2.14 bits per heavy atom. The van der Waals surface area contributed by atoms with Crippen molar-refractivity contribution < 1.29 is 13.9 Å². The predicted octanol–water partition coefficient (Wildman–Crippen LogP) is 2.05. The number of benzene rings is 1. The van der Waals surface area contributed by atoms with Crippen LogP contribution in [-0.4, -0.2) is 12.6 Å². The Balaban J connectivity index is 2.16. The molecule has 0 atom stereocenters. The van der Waals surface area contributed by atoms with Crippen LogP contribution in [0.4, 0.5) is 4.39 Å². The van der Waals surface area contributed by atoms with E-state index in [1.54, 1.807) is 6.07 Å². The first kappa shape index (κ1) is 9.19. The number of fused-ring (bicyclic) bond motifs is 1. The summed E-state index contributed by atoms with van der Waals surface area (Å²) in [6.07, 6.45) is 3.26. The lowest BCUT2D eigenvalue weighted by Crippen LogP contribution is -2.09. The van der Waals surface area contributed by atoms with Gasteiger partial charge in [0.05, 0.1) is 0 Å². The molecule has 1 aromatic carbocycles. The van der Waals surface area contributed by atoms with Crippen LogP contribution in [0.5, 0.6) is 5.75 Å². The van der Waals surface area contributed by atoms with E-state index in [0.717, 1.165) is 19.3 Å². The minimum absolute atomic E-state index is 0.452. The molecule has 0 fully saturated rings. The fraction of sp³-hybridized carbons (Fsp3) is 0.364. The number of hydrogen-bond donors (Lipinski definition) is 0. The summed E-state index contributed by atoms with van der Waals surface area (Å²) in [5.41, 5.74) is 2.53. The number of rotatable bonds is 2. The molecule has 0 saturated carbocycles.